The molecule has 0 amide bonds. The summed E-state index contributed by atoms with van der Waals surface area (Å²) >= 11 is 0. The number of aromatic nitrogens is 2. The summed E-state index contributed by atoms with van der Waals surface area (Å²) in [6.45, 7) is 0.575. The van der Waals surface area contributed by atoms with Crippen LogP contribution in [0.5, 0.6) is 0 Å². The molecule has 2 aliphatic rings. The molecular formula is C18H19F3N6O4S. The Balaban J connectivity index is 1.46. The molecule has 1 aromatic heterocycles. The van der Waals surface area contributed by atoms with E-state index in [-0.39, 0.29) is 54.6 Å². The van der Waals surface area contributed by atoms with Gasteiger partial charge >= 0.3 is 11.9 Å². The Hall–Kier alpha value is -3.00. The molecule has 2 fully saturated rings. The molecule has 1 aromatic carbocycles. The summed E-state index contributed by atoms with van der Waals surface area (Å²) in [5.41, 5.74) is -1.16. The molecule has 0 spiro atoms. The molecular weight excluding hydrogens is 453 g/mol. The number of rotatable bonds is 6. The molecule has 2 heterocycles. The fraction of sp³-hybridized carbons (Fsp3) is 0.444. The van der Waals surface area contributed by atoms with Gasteiger partial charge in [-0.1, -0.05) is 0 Å². The third-order valence-corrected chi connectivity index (χ3v) is 7.13. The number of halogens is 3. The first-order chi connectivity index (χ1) is 15.1. The van der Waals surface area contributed by atoms with Gasteiger partial charge in [0.25, 0.3) is 0 Å². The third-order valence-electron chi connectivity index (χ3n) is 5.21. The highest BCUT2D eigenvalue weighted by atomic mass is 32.2. The second-order valence-corrected chi connectivity index (χ2v) is 9.43. The first kappa shape index (κ1) is 22.2. The van der Waals surface area contributed by atoms with Crippen molar-refractivity contribution < 1.29 is 26.5 Å². The SMILES string of the molecule is O=[N+]([O-])c1cnc(N2CCN(S(=O)(=O)c3ccc(C(F)(F)F)cc3)CC2)nc1NC1CC1. The summed E-state index contributed by atoms with van der Waals surface area (Å²) in [4.78, 5) is 20.4. The van der Waals surface area contributed by atoms with Crippen LogP contribution >= 0.6 is 0 Å². The first-order valence-corrected chi connectivity index (χ1v) is 11.2. The summed E-state index contributed by atoms with van der Waals surface area (Å²) in [5.74, 6) is 0.368. The number of hydrogen-bond donors (Lipinski definition) is 1. The Kier molecular flexibility index (Phi) is 5.67. The predicted octanol–water partition coefficient (Wildman–Crippen LogP) is 2.49. The van der Waals surface area contributed by atoms with E-state index in [1.807, 2.05) is 0 Å². The van der Waals surface area contributed by atoms with Crippen molar-refractivity contribution in [2.45, 2.75) is 30.0 Å². The molecule has 0 unspecified atom stereocenters. The number of hydrogen-bond acceptors (Lipinski definition) is 8. The van der Waals surface area contributed by atoms with Crippen molar-refractivity contribution in [2.24, 2.45) is 0 Å². The van der Waals surface area contributed by atoms with Crippen LogP contribution in [0.2, 0.25) is 0 Å². The summed E-state index contributed by atoms with van der Waals surface area (Å²) in [6, 6.07) is 3.51. The number of nitro groups is 1. The van der Waals surface area contributed by atoms with E-state index < -0.39 is 26.7 Å². The standard InChI is InChI=1S/C18H19F3N6O4S/c19-18(20,21)12-1-5-14(6-2-12)32(30,31)26-9-7-25(8-10-26)17-22-11-15(27(28)29)16(24-17)23-13-3-4-13/h1-2,5-6,11,13H,3-4,7-10H2,(H,22,23,24). The van der Waals surface area contributed by atoms with E-state index in [1.54, 1.807) is 4.90 Å². The van der Waals surface area contributed by atoms with Crippen molar-refractivity contribution in [3.63, 3.8) is 0 Å². The van der Waals surface area contributed by atoms with Gasteiger partial charge in [-0.05, 0) is 37.1 Å². The fourth-order valence-electron chi connectivity index (χ4n) is 3.27. The van der Waals surface area contributed by atoms with Crippen LogP contribution in [0.1, 0.15) is 18.4 Å². The maximum atomic E-state index is 12.8. The number of benzene rings is 1. The van der Waals surface area contributed by atoms with Crippen LogP contribution in [-0.4, -0.2) is 59.8 Å². The summed E-state index contributed by atoms with van der Waals surface area (Å²) < 4.78 is 65.0. The molecule has 4 rings (SSSR count). The number of nitrogens with one attached hydrogen (secondary N) is 1. The van der Waals surface area contributed by atoms with E-state index in [4.69, 9.17) is 0 Å². The topological polar surface area (TPSA) is 122 Å². The number of anilines is 2. The van der Waals surface area contributed by atoms with Crippen molar-refractivity contribution in [3.8, 4) is 0 Å². The van der Waals surface area contributed by atoms with E-state index in [2.05, 4.69) is 15.3 Å². The van der Waals surface area contributed by atoms with Crippen LogP contribution in [0.25, 0.3) is 0 Å². The molecule has 14 heteroatoms. The fourth-order valence-corrected chi connectivity index (χ4v) is 4.69. The zero-order valence-electron chi connectivity index (χ0n) is 16.6. The highest BCUT2D eigenvalue weighted by molar-refractivity contribution is 7.89. The molecule has 1 aliphatic heterocycles. The molecule has 1 saturated heterocycles. The molecule has 1 aliphatic carbocycles. The second-order valence-electron chi connectivity index (χ2n) is 7.49. The number of nitrogens with zero attached hydrogens (tertiary/aromatic N) is 5. The van der Waals surface area contributed by atoms with Crippen LogP contribution in [0.4, 0.5) is 30.6 Å². The lowest BCUT2D eigenvalue weighted by molar-refractivity contribution is -0.384. The Morgan fingerprint density at radius 2 is 1.72 bits per heavy atom. The number of alkyl halides is 3. The highest BCUT2D eigenvalue weighted by Gasteiger charge is 2.33. The first-order valence-electron chi connectivity index (χ1n) is 9.76. The average Bonchev–Trinajstić information content (AvgIpc) is 3.57. The lowest BCUT2D eigenvalue weighted by Gasteiger charge is -2.34. The van der Waals surface area contributed by atoms with E-state index in [0.717, 1.165) is 43.3 Å². The van der Waals surface area contributed by atoms with Crippen molar-refractivity contribution in [3.05, 3.63) is 46.1 Å². The molecule has 1 N–H and O–H groups in total. The number of piperazine rings is 1. The van der Waals surface area contributed by atoms with Gasteiger partial charge in [-0.25, -0.2) is 13.4 Å². The Morgan fingerprint density at radius 1 is 1.09 bits per heavy atom. The molecule has 10 nitrogen and oxygen atoms in total. The van der Waals surface area contributed by atoms with Crippen molar-refractivity contribution in [2.75, 3.05) is 36.4 Å². The maximum absolute atomic E-state index is 12.8. The smallest absolute Gasteiger partial charge is 0.361 e. The van der Waals surface area contributed by atoms with Crippen molar-refractivity contribution in [1.29, 1.82) is 0 Å². The van der Waals surface area contributed by atoms with Gasteiger partial charge in [-0.2, -0.15) is 22.5 Å². The molecule has 0 atom stereocenters. The summed E-state index contributed by atoms with van der Waals surface area (Å²) in [6.07, 6.45) is -1.63. The minimum atomic E-state index is -4.55. The zero-order chi connectivity index (χ0) is 23.1. The van der Waals surface area contributed by atoms with Crippen molar-refractivity contribution in [1.82, 2.24) is 14.3 Å². The summed E-state index contributed by atoms with van der Waals surface area (Å²) in [5, 5.41) is 14.2. The van der Waals surface area contributed by atoms with Crippen LogP contribution in [0.3, 0.4) is 0 Å². The van der Waals surface area contributed by atoms with Crippen LogP contribution in [0, 0.1) is 10.1 Å². The lowest BCUT2D eigenvalue weighted by Crippen LogP contribution is -2.49. The Bertz CT molecular complexity index is 1110. The third kappa shape index (κ3) is 4.60. The van der Waals surface area contributed by atoms with Gasteiger partial charge in [0.2, 0.25) is 21.8 Å². The van der Waals surface area contributed by atoms with Gasteiger partial charge in [-0.3, -0.25) is 10.1 Å². The molecule has 32 heavy (non-hydrogen) atoms. The van der Waals surface area contributed by atoms with Crippen LogP contribution in [0.15, 0.2) is 35.4 Å². The van der Waals surface area contributed by atoms with Crippen molar-refractivity contribution >= 4 is 27.5 Å². The minimum Gasteiger partial charge on any atom is -0.361 e. The average molecular weight is 472 g/mol. The quantitative estimate of drug-likeness (QED) is 0.503. The predicted molar refractivity (Wildman–Crippen MR) is 108 cm³/mol. The Labute approximate surface area is 181 Å². The van der Waals surface area contributed by atoms with Gasteiger partial charge in [-0.15, -0.1) is 0 Å². The highest BCUT2D eigenvalue weighted by Crippen LogP contribution is 2.32. The molecule has 0 bridgehead atoms. The van der Waals surface area contributed by atoms with Gasteiger partial charge in [0.05, 0.1) is 15.4 Å². The monoisotopic (exact) mass is 472 g/mol. The van der Waals surface area contributed by atoms with Gasteiger partial charge in [0.15, 0.2) is 0 Å². The van der Waals surface area contributed by atoms with E-state index in [9.17, 15) is 31.7 Å². The largest absolute Gasteiger partial charge is 0.416 e. The van der Waals surface area contributed by atoms with E-state index in [1.165, 1.54) is 4.31 Å². The molecule has 1 saturated carbocycles. The minimum absolute atomic E-state index is 0.0646. The molecule has 0 radical (unpaired) electrons. The zero-order valence-corrected chi connectivity index (χ0v) is 17.4. The number of sulfonamides is 1. The second kappa shape index (κ2) is 8.16. The lowest BCUT2D eigenvalue weighted by atomic mass is 10.2. The normalized spacial score (nSPS) is 17.9. The van der Waals surface area contributed by atoms with Gasteiger partial charge in [0.1, 0.15) is 6.20 Å². The van der Waals surface area contributed by atoms with E-state index in [0.29, 0.717) is 0 Å². The van der Waals surface area contributed by atoms with Gasteiger partial charge in [0, 0.05) is 32.2 Å². The molecule has 172 valence electrons. The van der Waals surface area contributed by atoms with E-state index >= 15 is 0 Å². The summed E-state index contributed by atoms with van der Waals surface area (Å²) in [7, 11) is -3.97. The molecule has 2 aromatic rings. The Morgan fingerprint density at radius 3 is 2.25 bits per heavy atom. The van der Waals surface area contributed by atoms with Crippen LogP contribution < -0.4 is 10.2 Å². The maximum Gasteiger partial charge on any atom is 0.416 e. The van der Waals surface area contributed by atoms with Crippen LogP contribution in [-0.2, 0) is 16.2 Å². The van der Waals surface area contributed by atoms with Gasteiger partial charge < -0.3 is 10.2 Å².